The van der Waals surface area contributed by atoms with Crippen molar-refractivity contribution in [2.75, 3.05) is 20.3 Å². The van der Waals surface area contributed by atoms with Gasteiger partial charge in [-0.15, -0.1) is 0 Å². The van der Waals surface area contributed by atoms with E-state index in [1.54, 1.807) is 21.0 Å². The van der Waals surface area contributed by atoms with E-state index in [4.69, 9.17) is 21.1 Å². The Morgan fingerprint density at radius 2 is 2.00 bits per heavy atom. The van der Waals surface area contributed by atoms with Gasteiger partial charge in [0.15, 0.2) is 15.6 Å². The van der Waals surface area contributed by atoms with Crippen LogP contribution >= 0.6 is 11.6 Å². The smallest absolute Gasteiger partial charge is 0.182 e. The molecule has 0 radical (unpaired) electrons. The second kappa shape index (κ2) is 7.20. The van der Waals surface area contributed by atoms with Gasteiger partial charge in [0, 0.05) is 38.2 Å². The third kappa shape index (κ3) is 3.70. The molecule has 1 heterocycles. The van der Waals surface area contributed by atoms with Gasteiger partial charge in [0.05, 0.1) is 21.8 Å². The molecule has 0 fully saturated rings. The van der Waals surface area contributed by atoms with Gasteiger partial charge in [-0.25, -0.2) is 8.42 Å². The molecule has 1 aliphatic heterocycles. The first kappa shape index (κ1) is 18.2. The lowest BCUT2D eigenvalue weighted by Crippen LogP contribution is -2.35. The van der Waals surface area contributed by atoms with Crippen molar-refractivity contribution in [1.29, 1.82) is 0 Å². The van der Waals surface area contributed by atoms with Crippen LogP contribution < -0.4 is 4.74 Å². The summed E-state index contributed by atoms with van der Waals surface area (Å²) in [7, 11) is -1.98. The highest BCUT2D eigenvalue weighted by atomic mass is 35.5. The third-order valence-electron chi connectivity index (χ3n) is 3.92. The molecular formula is C16H21ClO5S. The Balaban J connectivity index is 2.39. The minimum atomic E-state index is -3.57. The molecule has 0 aliphatic carbocycles. The molecule has 0 saturated heterocycles. The van der Waals surface area contributed by atoms with Crippen molar-refractivity contribution in [2.45, 2.75) is 36.8 Å². The van der Waals surface area contributed by atoms with E-state index in [-0.39, 0.29) is 39.4 Å². The first-order chi connectivity index (χ1) is 10.8. The Kier molecular flexibility index (Phi) is 5.70. The Morgan fingerprint density at radius 1 is 1.30 bits per heavy atom. The number of fused-ring (bicyclic) bond motifs is 1. The van der Waals surface area contributed by atoms with Crippen molar-refractivity contribution in [3.8, 4) is 5.75 Å². The van der Waals surface area contributed by atoms with Gasteiger partial charge in [0.25, 0.3) is 0 Å². The molecule has 0 saturated carbocycles. The van der Waals surface area contributed by atoms with Gasteiger partial charge in [-0.05, 0) is 12.0 Å². The summed E-state index contributed by atoms with van der Waals surface area (Å²) in [6.45, 7) is 4.50. The fourth-order valence-corrected chi connectivity index (χ4v) is 5.03. The minimum absolute atomic E-state index is 0.00261. The van der Waals surface area contributed by atoms with E-state index in [9.17, 15) is 13.2 Å². The third-order valence-corrected chi connectivity index (χ3v) is 6.67. The first-order valence-electron chi connectivity index (χ1n) is 7.51. The van der Waals surface area contributed by atoms with Crippen molar-refractivity contribution < 1.29 is 22.7 Å². The van der Waals surface area contributed by atoms with Gasteiger partial charge >= 0.3 is 0 Å². The predicted molar refractivity (Wildman–Crippen MR) is 88.2 cm³/mol. The van der Waals surface area contributed by atoms with Crippen LogP contribution in [0.1, 0.15) is 37.0 Å². The normalized spacial score (nSPS) is 19.7. The van der Waals surface area contributed by atoms with Crippen molar-refractivity contribution in [1.82, 2.24) is 0 Å². The molecule has 2 rings (SSSR count). The second-order valence-electron chi connectivity index (χ2n) is 5.93. The molecule has 1 aromatic rings. The number of carbonyl (C=O) groups is 1. The second-order valence-corrected chi connectivity index (χ2v) is 8.47. The van der Waals surface area contributed by atoms with Gasteiger partial charge in [-0.3, -0.25) is 4.79 Å². The van der Waals surface area contributed by atoms with Gasteiger partial charge in [-0.1, -0.05) is 25.4 Å². The van der Waals surface area contributed by atoms with Crippen LogP contribution in [-0.4, -0.2) is 39.8 Å². The number of halogens is 1. The standard InChI is InChI=1S/C16H21ClO5S/c1-10(2)15-8-13(18)11-7-12(17)14(22-6-4-5-21-3)9-16(11)23(15,19)20/h7,9-10,15H,4-6,8H2,1-3H3. The fourth-order valence-electron chi connectivity index (χ4n) is 2.64. The van der Waals surface area contributed by atoms with Crippen LogP contribution in [0.25, 0.3) is 0 Å². The maximum absolute atomic E-state index is 12.8. The molecule has 1 aromatic carbocycles. The zero-order valence-corrected chi connectivity index (χ0v) is 15.0. The van der Waals surface area contributed by atoms with Gasteiger partial charge in [0.1, 0.15) is 5.75 Å². The first-order valence-corrected chi connectivity index (χ1v) is 9.43. The zero-order chi connectivity index (χ0) is 17.2. The molecule has 0 spiro atoms. The molecule has 0 amide bonds. The molecular weight excluding hydrogens is 340 g/mol. The molecule has 1 unspecified atom stereocenters. The number of carbonyl (C=O) groups excluding carboxylic acids is 1. The number of ketones is 1. The number of ether oxygens (including phenoxy) is 2. The van der Waals surface area contributed by atoms with E-state index in [0.29, 0.717) is 19.6 Å². The average molecular weight is 361 g/mol. The number of hydrogen-bond donors (Lipinski definition) is 0. The molecule has 0 bridgehead atoms. The van der Waals surface area contributed by atoms with Crippen LogP contribution in [0.15, 0.2) is 17.0 Å². The number of benzene rings is 1. The van der Waals surface area contributed by atoms with Crippen LogP contribution in [0.3, 0.4) is 0 Å². The van der Waals surface area contributed by atoms with E-state index in [1.807, 2.05) is 0 Å². The maximum atomic E-state index is 12.8. The number of rotatable bonds is 6. The van der Waals surface area contributed by atoms with Crippen LogP contribution in [0.5, 0.6) is 5.75 Å². The summed E-state index contributed by atoms with van der Waals surface area (Å²) < 4.78 is 36.0. The van der Waals surface area contributed by atoms with E-state index >= 15 is 0 Å². The number of Topliss-reactive ketones (excluding diaryl/α,β-unsaturated/α-hetero) is 1. The van der Waals surface area contributed by atoms with E-state index in [1.165, 1.54) is 12.1 Å². The molecule has 1 aliphatic rings. The summed E-state index contributed by atoms with van der Waals surface area (Å²) in [5.41, 5.74) is 0.163. The predicted octanol–water partition coefficient (Wildman–Crippen LogP) is 3.14. The van der Waals surface area contributed by atoms with E-state index < -0.39 is 15.1 Å². The molecule has 5 nitrogen and oxygen atoms in total. The monoisotopic (exact) mass is 360 g/mol. The summed E-state index contributed by atoms with van der Waals surface area (Å²) in [5.74, 6) is -0.0532. The largest absolute Gasteiger partial charge is 0.492 e. The lowest BCUT2D eigenvalue weighted by molar-refractivity contribution is 0.0969. The average Bonchev–Trinajstić information content (AvgIpc) is 2.48. The lowest BCUT2D eigenvalue weighted by Gasteiger charge is -2.27. The van der Waals surface area contributed by atoms with Crippen molar-refractivity contribution in [2.24, 2.45) is 5.92 Å². The highest BCUT2D eigenvalue weighted by Gasteiger charge is 2.40. The number of sulfone groups is 1. The van der Waals surface area contributed by atoms with Crippen molar-refractivity contribution >= 4 is 27.2 Å². The maximum Gasteiger partial charge on any atom is 0.182 e. The minimum Gasteiger partial charge on any atom is -0.492 e. The van der Waals surface area contributed by atoms with E-state index in [2.05, 4.69) is 0 Å². The van der Waals surface area contributed by atoms with E-state index in [0.717, 1.165) is 0 Å². The van der Waals surface area contributed by atoms with Crippen LogP contribution in [-0.2, 0) is 14.6 Å². The van der Waals surface area contributed by atoms with Gasteiger partial charge < -0.3 is 9.47 Å². The Hall–Kier alpha value is -1.11. The molecule has 0 aromatic heterocycles. The molecule has 0 N–H and O–H groups in total. The molecule has 23 heavy (non-hydrogen) atoms. The molecule has 128 valence electrons. The summed E-state index contributed by atoms with van der Waals surface area (Å²) >= 11 is 6.13. The molecule has 7 heteroatoms. The SMILES string of the molecule is COCCCOc1cc2c(cc1Cl)C(=O)CC(C(C)C)S2(=O)=O. The van der Waals surface area contributed by atoms with Gasteiger partial charge in [-0.2, -0.15) is 0 Å². The Morgan fingerprint density at radius 3 is 2.61 bits per heavy atom. The highest BCUT2D eigenvalue weighted by Crippen LogP contribution is 2.38. The Labute approximate surface area is 141 Å². The fraction of sp³-hybridized carbons (Fsp3) is 0.562. The topological polar surface area (TPSA) is 69.7 Å². The van der Waals surface area contributed by atoms with Gasteiger partial charge in [0.2, 0.25) is 0 Å². The zero-order valence-electron chi connectivity index (χ0n) is 13.5. The summed E-state index contributed by atoms with van der Waals surface area (Å²) in [6.07, 6.45) is 0.654. The number of methoxy groups -OCH3 is 1. The van der Waals surface area contributed by atoms with Crippen LogP contribution in [0.4, 0.5) is 0 Å². The number of hydrogen-bond acceptors (Lipinski definition) is 5. The van der Waals surface area contributed by atoms with Crippen molar-refractivity contribution in [3.63, 3.8) is 0 Å². The summed E-state index contributed by atoms with van der Waals surface area (Å²) in [5, 5.41) is -0.460. The quantitative estimate of drug-likeness (QED) is 0.729. The van der Waals surface area contributed by atoms with Crippen LogP contribution in [0.2, 0.25) is 5.02 Å². The summed E-state index contributed by atoms with van der Waals surface area (Å²) in [6, 6.07) is 2.78. The molecule has 1 atom stereocenters. The highest BCUT2D eigenvalue weighted by molar-refractivity contribution is 7.92. The summed E-state index contributed by atoms with van der Waals surface area (Å²) in [4.78, 5) is 12.3. The van der Waals surface area contributed by atoms with Crippen molar-refractivity contribution in [3.05, 3.63) is 22.7 Å². The lowest BCUT2D eigenvalue weighted by atomic mass is 9.99. The Bertz CT molecular complexity index is 697. The van der Waals surface area contributed by atoms with Crippen LogP contribution in [0, 0.1) is 5.92 Å².